The van der Waals surface area contributed by atoms with Crippen LogP contribution in [0.15, 0.2) is 24.3 Å². The fourth-order valence-electron chi connectivity index (χ4n) is 1.55. The van der Waals surface area contributed by atoms with Crippen molar-refractivity contribution >= 4 is 49.9 Å². The normalized spacial score (nSPS) is 10.9. The third-order valence-corrected chi connectivity index (χ3v) is 4.01. The van der Waals surface area contributed by atoms with Gasteiger partial charge in [-0.1, -0.05) is 43.1 Å². The second-order valence-electron chi connectivity index (χ2n) is 3.92. The molecule has 1 aromatic carbocycles. The van der Waals surface area contributed by atoms with E-state index in [-0.39, 0.29) is 12.3 Å². The van der Waals surface area contributed by atoms with Gasteiger partial charge in [-0.2, -0.15) is 0 Å². The summed E-state index contributed by atoms with van der Waals surface area (Å²) in [6.45, 7) is 4.18. The number of primary sulfonamides is 1. The lowest BCUT2D eigenvalue weighted by Crippen LogP contribution is -2.22. The Bertz CT molecular complexity index is 721. The number of halogens is 2. The number of hydrogen-bond donors (Lipinski definition) is 2. The average Bonchev–Trinajstić information content (AvgIpc) is 2.44. The highest BCUT2D eigenvalue weighted by molar-refractivity contribution is 7.89. The number of aromatic nitrogens is 1. The summed E-state index contributed by atoms with van der Waals surface area (Å²) < 4.78 is 21.6. The van der Waals surface area contributed by atoms with Crippen molar-refractivity contribution in [3.05, 3.63) is 34.3 Å². The van der Waals surface area contributed by atoms with Gasteiger partial charge in [0, 0.05) is 11.9 Å². The van der Waals surface area contributed by atoms with Crippen molar-refractivity contribution < 1.29 is 8.42 Å². The van der Waals surface area contributed by atoms with Gasteiger partial charge < -0.3 is 5.32 Å². The SMILES string of the molecule is CC.NS(=O)(=O)CCNc1ccc2ccc(Cl)c(Cl)c2n1. The van der Waals surface area contributed by atoms with Crippen LogP contribution in [0.2, 0.25) is 10.0 Å². The Morgan fingerprint density at radius 3 is 2.43 bits per heavy atom. The van der Waals surface area contributed by atoms with E-state index in [0.717, 1.165) is 5.39 Å². The van der Waals surface area contributed by atoms with Crippen LogP contribution in [0.3, 0.4) is 0 Å². The van der Waals surface area contributed by atoms with Gasteiger partial charge in [0.25, 0.3) is 0 Å². The molecule has 0 aliphatic carbocycles. The minimum Gasteiger partial charge on any atom is -0.369 e. The van der Waals surface area contributed by atoms with Gasteiger partial charge in [0.2, 0.25) is 10.0 Å². The van der Waals surface area contributed by atoms with E-state index >= 15 is 0 Å². The minimum absolute atomic E-state index is 0.171. The van der Waals surface area contributed by atoms with Crippen LogP contribution >= 0.6 is 23.2 Å². The standard InChI is InChI=1S/C11H11Cl2N3O2S.C2H6/c12-8-3-1-7-2-4-9(16-11(7)10(8)13)15-5-6-19(14,17)18;1-2/h1-4H,5-6H2,(H,15,16)(H2,14,17,18);1-2H3. The maximum atomic E-state index is 10.8. The summed E-state index contributed by atoms with van der Waals surface area (Å²) in [4.78, 5) is 4.29. The molecule has 3 N–H and O–H groups in total. The Kier molecular flexibility index (Phi) is 6.67. The van der Waals surface area contributed by atoms with E-state index in [2.05, 4.69) is 10.3 Å². The molecule has 0 amide bonds. The van der Waals surface area contributed by atoms with Crippen LogP contribution in [0, 0.1) is 0 Å². The smallest absolute Gasteiger partial charge is 0.210 e. The zero-order chi connectivity index (χ0) is 16.0. The number of benzene rings is 1. The van der Waals surface area contributed by atoms with Gasteiger partial charge in [-0.25, -0.2) is 18.5 Å². The fourth-order valence-corrected chi connectivity index (χ4v) is 2.30. The van der Waals surface area contributed by atoms with Crippen LogP contribution in [-0.2, 0) is 10.0 Å². The lowest BCUT2D eigenvalue weighted by atomic mass is 10.2. The van der Waals surface area contributed by atoms with E-state index in [4.69, 9.17) is 28.3 Å². The van der Waals surface area contributed by atoms with Crippen molar-refractivity contribution in [2.75, 3.05) is 17.6 Å². The highest BCUT2D eigenvalue weighted by atomic mass is 35.5. The Hall–Kier alpha value is -1.08. The van der Waals surface area contributed by atoms with Crippen LogP contribution < -0.4 is 10.5 Å². The largest absolute Gasteiger partial charge is 0.369 e. The quantitative estimate of drug-likeness (QED) is 0.886. The number of fused-ring (bicyclic) bond motifs is 1. The molecular formula is C13H17Cl2N3O2S. The van der Waals surface area contributed by atoms with E-state index in [9.17, 15) is 8.42 Å². The maximum absolute atomic E-state index is 10.8. The molecule has 1 heterocycles. The monoisotopic (exact) mass is 349 g/mol. The number of nitrogens with zero attached hydrogens (tertiary/aromatic N) is 1. The molecule has 116 valence electrons. The summed E-state index contributed by atoms with van der Waals surface area (Å²) in [5.74, 6) is 0.344. The van der Waals surface area contributed by atoms with Crippen LogP contribution in [0.25, 0.3) is 10.9 Å². The molecule has 2 rings (SSSR count). The van der Waals surface area contributed by atoms with Crippen LogP contribution in [0.4, 0.5) is 5.82 Å². The average molecular weight is 350 g/mol. The summed E-state index contributed by atoms with van der Waals surface area (Å²) in [6.07, 6.45) is 0. The van der Waals surface area contributed by atoms with Gasteiger partial charge in [-0.3, -0.25) is 0 Å². The van der Waals surface area contributed by atoms with Gasteiger partial charge in [0.1, 0.15) is 5.82 Å². The second-order valence-corrected chi connectivity index (χ2v) is 6.44. The Morgan fingerprint density at radius 1 is 1.19 bits per heavy atom. The Morgan fingerprint density at radius 2 is 1.81 bits per heavy atom. The zero-order valence-electron chi connectivity index (χ0n) is 11.7. The molecule has 0 radical (unpaired) electrons. The predicted octanol–water partition coefficient (Wildman–Crippen LogP) is 3.27. The highest BCUT2D eigenvalue weighted by Gasteiger charge is 2.07. The number of sulfonamides is 1. The molecule has 0 atom stereocenters. The van der Waals surface area contributed by atoms with Crippen molar-refractivity contribution in [3.8, 4) is 0 Å². The molecule has 8 heteroatoms. The van der Waals surface area contributed by atoms with Crippen molar-refractivity contribution in [1.82, 2.24) is 4.98 Å². The third kappa shape index (κ3) is 5.32. The maximum Gasteiger partial charge on any atom is 0.210 e. The number of anilines is 1. The first-order valence-corrected chi connectivity index (χ1v) is 8.83. The topological polar surface area (TPSA) is 85.1 Å². The second kappa shape index (κ2) is 7.79. The van der Waals surface area contributed by atoms with Gasteiger partial charge in [0.05, 0.1) is 21.3 Å². The molecule has 0 bridgehead atoms. The predicted molar refractivity (Wildman–Crippen MR) is 89.6 cm³/mol. The first-order valence-electron chi connectivity index (χ1n) is 6.36. The molecule has 0 unspecified atom stereocenters. The zero-order valence-corrected chi connectivity index (χ0v) is 14.1. The van der Waals surface area contributed by atoms with Gasteiger partial charge in [-0.05, 0) is 18.2 Å². The summed E-state index contributed by atoms with van der Waals surface area (Å²) in [7, 11) is -3.49. The minimum atomic E-state index is -3.49. The molecule has 0 aliphatic rings. The first kappa shape index (κ1) is 18.0. The lowest BCUT2D eigenvalue weighted by molar-refractivity contribution is 0.598. The van der Waals surface area contributed by atoms with E-state index < -0.39 is 10.0 Å². The molecule has 0 aliphatic heterocycles. The molecule has 1 aromatic heterocycles. The van der Waals surface area contributed by atoms with Crippen molar-refractivity contribution in [3.63, 3.8) is 0 Å². The van der Waals surface area contributed by atoms with Gasteiger partial charge in [-0.15, -0.1) is 0 Å². The van der Waals surface area contributed by atoms with E-state index in [1.165, 1.54) is 0 Å². The molecular weight excluding hydrogens is 333 g/mol. The summed E-state index contributed by atoms with van der Waals surface area (Å²) in [5, 5.41) is 9.42. The van der Waals surface area contributed by atoms with Crippen LogP contribution in [0.1, 0.15) is 13.8 Å². The number of rotatable bonds is 4. The van der Waals surface area contributed by atoms with Crippen LogP contribution in [-0.4, -0.2) is 25.7 Å². The van der Waals surface area contributed by atoms with E-state index in [1.807, 2.05) is 26.0 Å². The van der Waals surface area contributed by atoms with Crippen molar-refractivity contribution in [2.24, 2.45) is 5.14 Å². The fraction of sp³-hybridized carbons (Fsp3) is 0.308. The van der Waals surface area contributed by atoms with Gasteiger partial charge in [0.15, 0.2) is 0 Å². The molecule has 2 aromatic rings. The van der Waals surface area contributed by atoms with Gasteiger partial charge >= 0.3 is 0 Å². The summed E-state index contributed by atoms with van der Waals surface area (Å²) in [6, 6.07) is 7.06. The lowest BCUT2D eigenvalue weighted by Gasteiger charge is -2.07. The van der Waals surface area contributed by atoms with E-state index in [0.29, 0.717) is 21.4 Å². The number of hydrogen-bond acceptors (Lipinski definition) is 4. The van der Waals surface area contributed by atoms with E-state index in [1.54, 1.807) is 12.1 Å². The van der Waals surface area contributed by atoms with Crippen LogP contribution in [0.5, 0.6) is 0 Å². The number of pyridine rings is 1. The first-order chi connectivity index (χ1) is 9.87. The van der Waals surface area contributed by atoms with Crippen molar-refractivity contribution in [1.29, 1.82) is 0 Å². The Balaban J connectivity index is 0.00000106. The molecule has 0 spiro atoms. The summed E-state index contributed by atoms with van der Waals surface area (Å²) >= 11 is 12.0. The number of nitrogens with one attached hydrogen (secondary N) is 1. The highest BCUT2D eigenvalue weighted by Crippen LogP contribution is 2.30. The molecule has 0 fully saturated rings. The molecule has 21 heavy (non-hydrogen) atoms. The summed E-state index contributed by atoms with van der Waals surface area (Å²) in [5.41, 5.74) is 0.565. The molecule has 0 saturated carbocycles. The number of nitrogens with two attached hydrogens (primary N) is 1. The molecule has 0 saturated heterocycles. The molecule has 5 nitrogen and oxygen atoms in total. The Labute approximate surface area is 134 Å². The third-order valence-electron chi connectivity index (χ3n) is 2.45. The van der Waals surface area contributed by atoms with Crippen molar-refractivity contribution in [2.45, 2.75) is 13.8 Å².